The number of H-pyrrole nitrogens is 1. The van der Waals surface area contributed by atoms with Crippen LogP contribution in [0.2, 0.25) is 0 Å². The molecule has 88 valence electrons. The Kier molecular flexibility index (Phi) is 2.21. The molecule has 2 heterocycles. The van der Waals surface area contributed by atoms with Crippen LogP contribution in [-0.4, -0.2) is 27.2 Å². The molecule has 0 bridgehead atoms. The largest absolute Gasteiger partial charge is 0.383 e. The molecule has 1 saturated carbocycles. The van der Waals surface area contributed by atoms with E-state index in [9.17, 15) is 0 Å². The van der Waals surface area contributed by atoms with Crippen LogP contribution in [-0.2, 0) is 0 Å². The zero-order valence-corrected chi connectivity index (χ0v) is 9.57. The Balaban J connectivity index is 1.96. The SMILES string of the molecule is CNc1ncc(-c2cc(C3CC3)[nH]n2)c(N)n1. The van der Waals surface area contributed by atoms with Gasteiger partial charge in [0.15, 0.2) is 0 Å². The van der Waals surface area contributed by atoms with E-state index in [1.165, 1.54) is 18.5 Å². The second kappa shape index (κ2) is 3.73. The van der Waals surface area contributed by atoms with Gasteiger partial charge in [0.25, 0.3) is 0 Å². The molecule has 0 unspecified atom stereocenters. The Morgan fingerprint density at radius 3 is 2.94 bits per heavy atom. The van der Waals surface area contributed by atoms with Crippen molar-refractivity contribution in [3.05, 3.63) is 18.0 Å². The third-order valence-corrected chi connectivity index (χ3v) is 2.93. The lowest BCUT2D eigenvalue weighted by Crippen LogP contribution is -2.01. The molecule has 17 heavy (non-hydrogen) atoms. The van der Waals surface area contributed by atoms with Crippen LogP contribution >= 0.6 is 0 Å². The van der Waals surface area contributed by atoms with Crippen LogP contribution in [0.15, 0.2) is 12.3 Å². The Hall–Kier alpha value is -2.11. The average Bonchev–Trinajstić information content (AvgIpc) is 3.08. The summed E-state index contributed by atoms with van der Waals surface area (Å²) in [6.07, 6.45) is 4.18. The lowest BCUT2D eigenvalue weighted by atomic mass is 10.2. The molecule has 1 aliphatic carbocycles. The monoisotopic (exact) mass is 230 g/mol. The van der Waals surface area contributed by atoms with Gasteiger partial charge >= 0.3 is 0 Å². The number of aromatic amines is 1. The zero-order valence-electron chi connectivity index (χ0n) is 9.57. The molecule has 0 spiro atoms. The number of aromatic nitrogens is 4. The first kappa shape index (κ1) is 10.1. The van der Waals surface area contributed by atoms with E-state index < -0.39 is 0 Å². The number of nitrogens with two attached hydrogens (primary N) is 1. The Morgan fingerprint density at radius 1 is 1.47 bits per heavy atom. The van der Waals surface area contributed by atoms with Crippen LogP contribution in [0, 0.1) is 0 Å². The van der Waals surface area contributed by atoms with Gasteiger partial charge in [-0.15, -0.1) is 0 Å². The van der Waals surface area contributed by atoms with E-state index >= 15 is 0 Å². The zero-order chi connectivity index (χ0) is 11.8. The van der Waals surface area contributed by atoms with Gasteiger partial charge in [-0.3, -0.25) is 5.10 Å². The van der Waals surface area contributed by atoms with Crippen molar-refractivity contribution in [1.29, 1.82) is 0 Å². The van der Waals surface area contributed by atoms with Crippen LogP contribution in [0.4, 0.5) is 11.8 Å². The molecule has 1 fully saturated rings. The summed E-state index contributed by atoms with van der Waals surface area (Å²) in [7, 11) is 1.76. The lowest BCUT2D eigenvalue weighted by molar-refractivity contribution is 0.966. The topological polar surface area (TPSA) is 92.5 Å². The summed E-state index contributed by atoms with van der Waals surface area (Å²) < 4.78 is 0. The number of rotatable bonds is 3. The van der Waals surface area contributed by atoms with E-state index in [0.29, 0.717) is 17.7 Å². The molecule has 0 aromatic carbocycles. The normalized spacial score (nSPS) is 14.9. The number of anilines is 2. The number of nitrogen functional groups attached to an aromatic ring is 1. The van der Waals surface area contributed by atoms with Crippen molar-refractivity contribution in [3.63, 3.8) is 0 Å². The van der Waals surface area contributed by atoms with Crippen molar-refractivity contribution < 1.29 is 0 Å². The molecule has 6 nitrogen and oxygen atoms in total. The van der Waals surface area contributed by atoms with E-state index in [2.05, 4.69) is 25.5 Å². The number of hydrogen-bond acceptors (Lipinski definition) is 5. The maximum absolute atomic E-state index is 5.88. The van der Waals surface area contributed by atoms with Gasteiger partial charge in [0.2, 0.25) is 5.95 Å². The Labute approximate surface area is 98.7 Å². The van der Waals surface area contributed by atoms with Gasteiger partial charge in [-0.25, -0.2) is 4.98 Å². The van der Waals surface area contributed by atoms with Crippen molar-refractivity contribution in [2.45, 2.75) is 18.8 Å². The Bertz CT molecular complexity index is 543. The first-order valence-electron chi connectivity index (χ1n) is 5.64. The second-order valence-corrected chi connectivity index (χ2v) is 4.23. The molecule has 6 heteroatoms. The standard InChI is InChI=1S/C11H14N6/c1-13-11-14-5-7(10(12)15-11)9-4-8(16-17-9)6-2-3-6/h4-6H,2-3H2,1H3,(H,16,17)(H3,12,13,14,15). The molecule has 0 amide bonds. The van der Waals surface area contributed by atoms with Gasteiger partial charge in [-0.1, -0.05) is 0 Å². The molecular formula is C11H14N6. The average molecular weight is 230 g/mol. The van der Waals surface area contributed by atoms with Crippen molar-refractivity contribution in [1.82, 2.24) is 20.2 Å². The second-order valence-electron chi connectivity index (χ2n) is 4.23. The lowest BCUT2D eigenvalue weighted by Gasteiger charge is -2.03. The summed E-state index contributed by atoms with van der Waals surface area (Å²) in [5, 5.41) is 10.2. The van der Waals surface area contributed by atoms with E-state index in [1.807, 2.05) is 6.07 Å². The molecule has 0 atom stereocenters. The van der Waals surface area contributed by atoms with Crippen LogP contribution < -0.4 is 11.1 Å². The van der Waals surface area contributed by atoms with Crippen molar-refractivity contribution in [3.8, 4) is 11.3 Å². The summed E-state index contributed by atoms with van der Waals surface area (Å²) in [5.41, 5.74) is 8.65. The maximum atomic E-state index is 5.88. The van der Waals surface area contributed by atoms with Gasteiger partial charge in [-0.05, 0) is 18.9 Å². The predicted molar refractivity (Wildman–Crippen MR) is 65.5 cm³/mol. The smallest absolute Gasteiger partial charge is 0.224 e. The summed E-state index contributed by atoms with van der Waals surface area (Å²) in [6.45, 7) is 0. The molecule has 1 aliphatic rings. The van der Waals surface area contributed by atoms with E-state index in [4.69, 9.17) is 5.73 Å². The minimum absolute atomic E-state index is 0.443. The van der Waals surface area contributed by atoms with E-state index in [-0.39, 0.29) is 0 Å². The van der Waals surface area contributed by atoms with Gasteiger partial charge in [0.1, 0.15) is 5.82 Å². The Morgan fingerprint density at radius 2 is 2.29 bits per heavy atom. The minimum atomic E-state index is 0.443. The van der Waals surface area contributed by atoms with Crippen LogP contribution in [0.25, 0.3) is 11.3 Å². The summed E-state index contributed by atoms with van der Waals surface area (Å²) in [4.78, 5) is 8.29. The molecule has 2 aromatic heterocycles. The third-order valence-electron chi connectivity index (χ3n) is 2.93. The first-order valence-corrected chi connectivity index (χ1v) is 5.64. The highest BCUT2D eigenvalue weighted by Crippen LogP contribution is 2.40. The highest BCUT2D eigenvalue weighted by molar-refractivity contribution is 5.71. The summed E-state index contributed by atoms with van der Waals surface area (Å²) in [6, 6.07) is 2.03. The number of nitrogens with one attached hydrogen (secondary N) is 2. The molecule has 4 N–H and O–H groups in total. The fourth-order valence-electron chi connectivity index (χ4n) is 1.79. The molecule has 2 aromatic rings. The van der Waals surface area contributed by atoms with Crippen molar-refractivity contribution in [2.75, 3.05) is 18.1 Å². The molecule has 0 aliphatic heterocycles. The van der Waals surface area contributed by atoms with Gasteiger partial charge in [0.05, 0.1) is 11.3 Å². The highest BCUT2D eigenvalue weighted by Gasteiger charge is 2.26. The fourth-order valence-corrected chi connectivity index (χ4v) is 1.79. The van der Waals surface area contributed by atoms with Gasteiger partial charge in [0, 0.05) is 24.9 Å². The fraction of sp³-hybridized carbons (Fsp3) is 0.364. The molecule has 3 rings (SSSR count). The summed E-state index contributed by atoms with van der Waals surface area (Å²) >= 11 is 0. The minimum Gasteiger partial charge on any atom is -0.383 e. The number of nitrogens with zero attached hydrogens (tertiary/aromatic N) is 3. The van der Waals surface area contributed by atoms with Crippen LogP contribution in [0.3, 0.4) is 0 Å². The van der Waals surface area contributed by atoms with E-state index in [1.54, 1.807) is 13.2 Å². The van der Waals surface area contributed by atoms with Gasteiger partial charge in [-0.2, -0.15) is 10.1 Å². The summed E-state index contributed by atoms with van der Waals surface area (Å²) in [5.74, 6) is 1.61. The molecular weight excluding hydrogens is 216 g/mol. The van der Waals surface area contributed by atoms with Crippen molar-refractivity contribution >= 4 is 11.8 Å². The third kappa shape index (κ3) is 1.82. The maximum Gasteiger partial charge on any atom is 0.224 e. The molecule has 0 radical (unpaired) electrons. The van der Waals surface area contributed by atoms with Crippen LogP contribution in [0.1, 0.15) is 24.5 Å². The number of hydrogen-bond donors (Lipinski definition) is 3. The van der Waals surface area contributed by atoms with Gasteiger partial charge < -0.3 is 11.1 Å². The highest BCUT2D eigenvalue weighted by atomic mass is 15.1. The van der Waals surface area contributed by atoms with Crippen molar-refractivity contribution in [2.24, 2.45) is 0 Å². The first-order chi connectivity index (χ1) is 8.28. The molecule has 0 saturated heterocycles. The van der Waals surface area contributed by atoms with Crippen LogP contribution in [0.5, 0.6) is 0 Å². The predicted octanol–water partition coefficient (Wildman–Crippen LogP) is 1.37. The van der Waals surface area contributed by atoms with E-state index in [0.717, 1.165) is 11.3 Å². The quantitative estimate of drug-likeness (QED) is 0.740.